The molecule has 0 saturated carbocycles. The normalized spacial score (nSPS) is 19.6. The van der Waals surface area contributed by atoms with E-state index in [9.17, 15) is 0 Å². The van der Waals surface area contributed by atoms with Gasteiger partial charge in [-0.2, -0.15) is 0 Å². The van der Waals surface area contributed by atoms with Crippen molar-refractivity contribution in [2.75, 3.05) is 5.32 Å². The summed E-state index contributed by atoms with van der Waals surface area (Å²) in [5, 5.41) is 3.58. The first kappa shape index (κ1) is 9.32. The van der Waals surface area contributed by atoms with E-state index in [-0.39, 0.29) is 0 Å². The van der Waals surface area contributed by atoms with Crippen LogP contribution in [0.4, 0.5) is 5.69 Å². The van der Waals surface area contributed by atoms with Crippen LogP contribution in [-0.4, -0.2) is 6.04 Å². The lowest BCUT2D eigenvalue weighted by atomic mass is 9.95. The van der Waals surface area contributed by atoms with Gasteiger partial charge in [0.1, 0.15) is 0 Å². The zero-order chi connectivity index (χ0) is 9.80. The average molecular weight is 187 g/mol. The van der Waals surface area contributed by atoms with Crippen molar-refractivity contribution in [3.8, 4) is 0 Å². The minimum absolute atomic E-state index is 0.642. The Hall–Kier alpha value is -1.24. The number of fused-ring (bicyclic) bond motifs is 1. The lowest BCUT2D eigenvalue weighted by Gasteiger charge is -2.26. The van der Waals surface area contributed by atoms with E-state index in [1.165, 1.54) is 30.5 Å². The van der Waals surface area contributed by atoms with Crippen molar-refractivity contribution >= 4 is 5.69 Å². The predicted octanol–water partition coefficient (Wildman–Crippen LogP) is 3.38. The molecule has 0 fully saturated rings. The van der Waals surface area contributed by atoms with E-state index >= 15 is 0 Å². The monoisotopic (exact) mass is 187 g/mol. The highest BCUT2D eigenvalue weighted by Crippen LogP contribution is 2.25. The van der Waals surface area contributed by atoms with Gasteiger partial charge in [0.05, 0.1) is 0 Å². The number of anilines is 1. The summed E-state index contributed by atoms with van der Waals surface area (Å²) in [5.74, 6) is 0. The minimum Gasteiger partial charge on any atom is -0.382 e. The van der Waals surface area contributed by atoms with E-state index in [0.717, 1.165) is 6.42 Å². The number of hydrogen-bond acceptors (Lipinski definition) is 1. The van der Waals surface area contributed by atoms with Gasteiger partial charge >= 0.3 is 0 Å². The van der Waals surface area contributed by atoms with Crippen LogP contribution in [-0.2, 0) is 6.42 Å². The van der Waals surface area contributed by atoms with Crippen LogP contribution in [0.5, 0.6) is 0 Å². The van der Waals surface area contributed by atoms with E-state index in [2.05, 4.69) is 36.2 Å². The van der Waals surface area contributed by atoms with Crippen molar-refractivity contribution in [1.82, 2.24) is 0 Å². The van der Waals surface area contributed by atoms with Crippen molar-refractivity contribution in [3.05, 3.63) is 42.5 Å². The number of rotatable bonds is 3. The van der Waals surface area contributed by atoms with Crippen LogP contribution in [0.2, 0.25) is 0 Å². The molecular weight excluding hydrogens is 170 g/mol. The van der Waals surface area contributed by atoms with Crippen LogP contribution < -0.4 is 5.32 Å². The SMILES string of the molecule is C=CCC[C@@H]1CCc2ccccc2N1. The first-order valence-corrected chi connectivity index (χ1v) is 5.35. The molecule has 74 valence electrons. The molecule has 1 nitrogen and oxygen atoms in total. The summed E-state index contributed by atoms with van der Waals surface area (Å²) in [4.78, 5) is 0. The largest absolute Gasteiger partial charge is 0.382 e. The molecule has 0 bridgehead atoms. The van der Waals surface area contributed by atoms with Crippen LogP contribution in [0.3, 0.4) is 0 Å². The third-order valence-electron chi connectivity index (χ3n) is 2.86. The smallest absolute Gasteiger partial charge is 0.0374 e. The molecule has 14 heavy (non-hydrogen) atoms. The molecule has 1 N–H and O–H groups in total. The Morgan fingerprint density at radius 2 is 2.29 bits per heavy atom. The number of benzene rings is 1. The van der Waals surface area contributed by atoms with Crippen molar-refractivity contribution < 1.29 is 0 Å². The van der Waals surface area contributed by atoms with E-state index in [0.29, 0.717) is 6.04 Å². The molecule has 1 aliphatic heterocycles. The number of para-hydroxylation sites is 1. The van der Waals surface area contributed by atoms with Crippen LogP contribution in [0.1, 0.15) is 24.8 Å². The zero-order valence-corrected chi connectivity index (χ0v) is 8.50. The molecule has 0 unspecified atom stereocenters. The van der Waals surface area contributed by atoms with Gasteiger partial charge in [0.25, 0.3) is 0 Å². The van der Waals surface area contributed by atoms with Crippen LogP contribution in [0.15, 0.2) is 36.9 Å². The highest BCUT2D eigenvalue weighted by Gasteiger charge is 2.15. The fourth-order valence-electron chi connectivity index (χ4n) is 2.04. The third-order valence-corrected chi connectivity index (χ3v) is 2.86. The Morgan fingerprint density at radius 3 is 3.14 bits per heavy atom. The first-order chi connectivity index (χ1) is 6.90. The Balaban J connectivity index is 2.02. The second-order valence-electron chi connectivity index (χ2n) is 3.90. The second-order valence-corrected chi connectivity index (χ2v) is 3.90. The predicted molar refractivity (Wildman–Crippen MR) is 61.6 cm³/mol. The van der Waals surface area contributed by atoms with Gasteiger partial charge in [0.15, 0.2) is 0 Å². The summed E-state index contributed by atoms with van der Waals surface area (Å²) >= 11 is 0. The quantitative estimate of drug-likeness (QED) is 0.715. The van der Waals surface area contributed by atoms with E-state index in [4.69, 9.17) is 0 Å². The van der Waals surface area contributed by atoms with Crippen molar-refractivity contribution in [3.63, 3.8) is 0 Å². The zero-order valence-electron chi connectivity index (χ0n) is 8.50. The molecule has 0 aliphatic carbocycles. The Bertz CT molecular complexity index is 317. The van der Waals surface area contributed by atoms with Crippen LogP contribution >= 0.6 is 0 Å². The summed E-state index contributed by atoms with van der Waals surface area (Å²) in [5.41, 5.74) is 2.79. The van der Waals surface area contributed by atoms with E-state index in [1.54, 1.807) is 0 Å². The Morgan fingerprint density at radius 1 is 1.43 bits per heavy atom. The molecule has 0 saturated heterocycles. The Kier molecular flexibility index (Phi) is 2.87. The average Bonchev–Trinajstić information content (AvgIpc) is 2.26. The van der Waals surface area contributed by atoms with Gasteiger partial charge in [-0.3, -0.25) is 0 Å². The van der Waals surface area contributed by atoms with Gasteiger partial charge in [-0.05, 0) is 37.3 Å². The second kappa shape index (κ2) is 4.32. The van der Waals surface area contributed by atoms with Crippen molar-refractivity contribution in [1.29, 1.82) is 0 Å². The highest BCUT2D eigenvalue weighted by molar-refractivity contribution is 5.53. The molecule has 1 heteroatoms. The standard InChI is InChI=1S/C13H17N/c1-2-3-7-12-10-9-11-6-4-5-8-13(11)14-12/h2,4-6,8,12,14H,1,3,7,9-10H2/t12-/m1/s1. The number of nitrogens with one attached hydrogen (secondary N) is 1. The fourth-order valence-corrected chi connectivity index (χ4v) is 2.04. The van der Waals surface area contributed by atoms with E-state index < -0.39 is 0 Å². The maximum absolute atomic E-state index is 3.76. The van der Waals surface area contributed by atoms with Gasteiger partial charge in [-0.25, -0.2) is 0 Å². The summed E-state index contributed by atoms with van der Waals surface area (Å²) in [7, 11) is 0. The molecule has 0 radical (unpaired) electrons. The molecule has 0 amide bonds. The molecule has 1 atom stereocenters. The van der Waals surface area contributed by atoms with Crippen molar-refractivity contribution in [2.24, 2.45) is 0 Å². The summed E-state index contributed by atoms with van der Waals surface area (Å²) in [6.07, 6.45) is 6.79. The van der Waals surface area contributed by atoms with Crippen LogP contribution in [0, 0.1) is 0 Å². The lowest BCUT2D eigenvalue weighted by Crippen LogP contribution is -2.24. The molecule has 1 aliphatic rings. The first-order valence-electron chi connectivity index (χ1n) is 5.35. The maximum Gasteiger partial charge on any atom is 0.0374 e. The van der Waals surface area contributed by atoms with Gasteiger partial charge in [0, 0.05) is 11.7 Å². The molecule has 2 rings (SSSR count). The minimum atomic E-state index is 0.642. The van der Waals surface area contributed by atoms with Gasteiger partial charge < -0.3 is 5.32 Å². The molecule has 1 aromatic carbocycles. The number of hydrogen-bond donors (Lipinski definition) is 1. The van der Waals surface area contributed by atoms with Crippen molar-refractivity contribution in [2.45, 2.75) is 31.7 Å². The maximum atomic E-state index is 3.76. The summed E-state index contributed by atoms with van der Waals surface area (Å²) in [6, 6.07) is 9.25. The fraction of sp³-hybridized carbons (Fsp3) is 0.385. The number of allylic oxidation sites excluding steroid dienone is 1. The van der Waals surface area contributed by atoms with Crippen LogP contribution in [0.25, 0.3) is 0 Å². The molecule has 0 spiro atoms. The lowest BCUT2D eigenvalue weighted by molar-refractivity contribution is 0.592. The van der Waals surface area contributed by atoms with Gasteiger partial charge in [0.2, 0.25) is 0 Å². The van der Waals surface area contributed by atoms with E-state index in [1.807, 2.05) is 6.08 Å². The summed E-state index contributed by atoms with van der Waals surface area (Å²) in [6.45, 7) is 3.76. The Labute approximate surface area is 85.8 Å². The third kappa shape index (κ3) is 1.98. The molecule has 1 heterocycles. The summed E-state index contributed by atoms with van der Waals surface area (Å²) < 4.78 is 0. The number of aryl methyl sites for hydroxylation is 1. The topological polar surface area (TPSA) is 12.0 Å². The molecule has 0 aromatic heterocycles. The molecule has 1 aromatic rings. The molecular formula is C13H17N. The van der Waals surface area contributed by atoms with Gasteiger partial charge in [-0.15, -0.1) is 6.58 Å². The van der Waals surface area contributed by atoms with Gasteiger partial charge in [-0.1, -0.05) is 24.3 Å². The highest BCUT2D eigenvalue weighted by atomic mass is 14.9.